The van der Waals surface area contributed by atoms with Crippen molar-refractivity contribution in [1.82, 2.24) is 5.32 Å². The van der Waals surface area contributed by atoms with Crippen LogP contribution >= 0.6 is 12.4 Å². The number of amides is 1. The molecule has 4 heteroatoms. The van der Waals surface area contributed by atoms with E-state index >= 15 is 0 Å². The topological polar surface area (TPSA) is 41.1 Å². The first kappa shape index (κ1) is 19.0. The van der Waals surface area contributed by atoms with Gasteiger partial charge < -0.3 is 10.6 Å². The number of carbonyl (C=O) groups is 1. The normalized spacial score (nSPS) is 16.9. The Hall–Kier alpha value is -1.06. The van der Waals surface area contributed by atoms with Crippen LogP contribution in [0.4, 0.5) is 5.69 Å². The lowest BCUT2D eigenvalue weighted by Gasteiger charge is -2.27. The van der Waals surface area contributed by atoms with Crippen molar-refractivity contribution in [2.75, 3.05) is 18.4 Å². The van der Waals surface area contributed by atoms with E-state index < -0.39 is 0 Å². The third-order valence-corrected chi connectivity index (χ3v) is 4.53. The molecule has 2 N–H and O–H groups in total. The molecule has 22 heavy (non-hydrogen) atoms. The zero-order valence-corrected chi connectivity index (χ0v) is 14.7. The first-order valence-corrected chi connectivity index (χ1v) is 8.16. The molecule has 1 aliphatic heterocycles. The van der Waals surface area contributed by atoms with E-state index in [2.05, 4.69) is 43.5 Å². The molecular weight excluding hydrogens is 296 g/mol. The Morgan fingerprint density at radius 3 is 2.59 bits per heavy atom. The van der Waals surface area contributed by atoms with Crippen molar-refractivity contribution >= 4 is 24.0 Å². The molecule has 0 aliphatic carbocycles. The second kappa shape index (κ2) is 9.16. The van der Waals surface area contributed by atoms with Crippen LogP contribution in [0.1, 0.15) is 51.5 Å². The van der Waals surface area contributed by atoms with Crippen molar-refractivity contribution in [2.24, 2.45) is 11.8 Å². The Bertz CT molecular complexity index is 470. The Kier molecular flexibility index (Phi) is 7.91. The van der Waals surface area contributed by atoms with Gasteiger partial charge in [0.05, 0.1) is 0 Å². The molecule has 0 saturated carbocycles. The highest BCUT2D eigenvalue weighted by Crippen LogP contribution is 2.25. The Labute approximate surface area is 140 Å². The van der Waals surface area contributed by atoms with Gasteiger partial charge in [0.25, 0.3) is 0 Å². The van der Waals surface area contributed by atoms with E-state index in [1.165, 1.54) is 18.4 Å². The highest BCUT2D eigenvalue weighted by molar-refractivity contribution is 5.90. The van der Waals surface area contributed by atoms with E-state index in [1.807, 2.05) is 12.1 Å². The Morgan fingerprint density at radius 2 is 1.95 bits per heavy atom. The number of rotatable bonds is 5. The molecule has 3 nitrogen and oxygen atoms in total. The SMILES string of the molecule is CC(C)c1cccc(NC(=O)CC(C)C2CCNCC2)c1.Cl. The molecule has 0 aromatic heterocycles. The molecule has 1 aromatic rings. The zero-order valence-electron chi connectivity index (χ0n) is 13.9. The van der Waals surface area contributed by atoms with Gasteiger partial charge in [0, 0.05) is 12.1 Å². The van der Waals surface area contributed by atoms with Crippen molar-refractivity contribution in [1.29, 1.82) is 0 Å². The fraction of sp³-hybridized carbons (Fsp3) is 0.611. The molecule has 0 bridgehead atoms. The number of anilines is 1. The molecule has 1 atom stereocenters. The number of benzene rings is 1. The summed E-state index contributed by atoms with van der Waals surface area (Å²) in [5, 5.41) is 6.43. The molecule has 1 amide bonds. The van der Waals surface area contributed by atoms with Gasteiger partial charge in [-0.15, -0.1) is 12.4 Å². The van der Waals surface area contributed by atoms with Crippen LogP contribution in [-0.4, -0.2) is 19.0 Å². The molecule has 124 valence electrons. The molecule has 1 saturated heterocycles. The molecule has 0 spiro atoms. The third kappa shape index (κ3) is 5.62. The zero-order chi connectivity index (χ0) is 15.2. The van der Waals surface area contributed by atoms with Gasteiger partial charge in [0.15, 0.2) is 0 Å². The summed E-state index contributed by atoms with van der Waals surface area (Å²) >= 11 is 0. The molecule has 0 radical (unpaired) electrons. The van der Waals surface area contributed by atoms with Crippen LogP contribution in [0.3, 0.4) is 0 Å². The largest absolute Gasteiger partial charge is 0.326 e. The molecule has 1 fully saturated rings. The second-order valence-corrected chi connectivity index (χ2v) is 6.60. The number of hydrogen-bond donors (Lipinski definition) is 2. The lowest BCUT2D eigenvalue weighted by atomic mass is 9.84. The van der Waals surface area contributed by atoms with Crippen LogP contribution in [0.5, 0.6) is 0 Å². The number of piperidine rings is 1. The molecule has 1 heterocycles. The van der Waals surface area contributed by atoms with Crippen molar-refractivity contribution in [3.63, 3.8) is 0 Å². The van der Waals surface area contributed by atoms with Gasteiger partial charge in [-0.05, 0) is 61.4 Å². The van der Waals surface area contributed by atoms with Crippen LogP contribution in [0, 0.1) is 11.8 Å². The molecule has 2 rings (SSSR count). The first-order chi connectivity index (χ1) is 10.1. The van der Waals surface area contributed by atoms with Crippen LogP contribution in [0.25, 0.3) is 0 Å². The Balaban J connectivity index is 0.00000242. The smallest absolute Gasteiger partial charge is 0.224 e. The number of nitrogens with one attached hydrogen (secondary N) is 2. The van der Waals surface area contributed by atoms with Crippen LogP contribution in [0.15, 0.2) is 24.3 Å². The quantitative estimate of drug-likeness (QED) is 0.852. The lowest BCUT2D eigenvalue weighted by molar-refractivity contribution is -0.117. The minimum atomic E-state index is 0. The van der Waals surface area contributed by atoms with Crippen molar-refractivity contribution in [2.45, 2.75) is 46.0 Å². The molecule has 1 unspecified atom stereocenters. The molecule has 1 aliphatic rings. The van der Waals surface area contributed by atoms with E-state index in [0.717, 1.165) is 18.8 Å². The Morgan fingerprint density at radius 1 is 1.27 bits per heavy atom. The fourth-order valence-electron chi connectivity index (χ4n) is 3.06. The number of halogens is 1. The van der Waals surface area contributed by atoms with Gasteiger partial charge in [-0.25, -0.2) is 0 Å². The van der Waals surface area contributed by atoms with E-state index in [4.69, 9.17) is 0 Å². The summed E-state index contributed by atoms with van der Waals surface area (Å²) < 4.78 is 0. The van der Waals surface area contributed by atoms with Gasteiger partial charge in [-0.2, -0.15) is 0 Å². The van der Waals surface area contributed by atoms with Gasteiger partial charge in [-0.1, -0.05) is 32.9 Å². The fourth-order valence-corrected chi connectivity index (χ4v) is 3.06. The number of hydrogen-bond acceptors (Lipinski definition) is 2. The number of carbonyl (C=O) groups excluding carboxylic acids is 1. The van der Waals surface area contributed by atoms with E-state index in [1.54, 1.807) is 0 Å². The summed E-state index contributed by atoms with van der Waals surface area (Å²) in [6.07, 6.45) is 3.01. The molecular formula is C18H29ClN2O. The minimum absolute atomic E-state index is 0. The average Bonchev–Trinajstić information content (AvgIpc) is 2.48. The van der Waals surface area contributed by atoms with Gasteiger partial charge in [0.1, 0.15) is 0 Å². The van der Waals surface area contributed by atoms with Gasteiger partial charge in [-0.3, -0.25) is 4.79 Å². The van der Waals surface area contributed by atoms with Crippen LogP contribution < -0.4 is 10.6 Å². The summed E-state index contributed by atoms with van der Waals surface area (Å²) in [4.78, 5) is 12.2. The van der Waals surface area contributed by atoms with E-state index in [-0.39, 0.29) is 18.3 Å². The highest BCUT2D eigenvalue weighted by atomic mass is 35.5. The standard InChI is InChI=1S/C18H28N2O.ClH/c1-13(2)16-5-4-6-17(12-16)20-18(21)11-14(3)15-7-9-19-10-8-15;/h4-6,12-15,19H,7-11H2,1-3H3,(H,20,21);1H. The van der Waals surface area contributed by atoms with E-state index in [0.29, 0.717) is 24.2 Å². The lowest BCUT2D eigenvalue weighted by Crippen LogP contribution is -2.32. The predicted octanol–water partition coefficient (Wildman–Crippen LogP) is 4.20. The average molecular weight is 325 g/mol. The monoisotopic (exact) mass is 324 g/mol. The second-order valence-electron chi connectivity index (χ2n) is 6.60. The maximum absolute atomic E-state index is 12.2. The minimum Gasteiger partial charge on any atom is -0.326 e. The predicted molar refractivity (Wildman–Crippen MR) is 95.8 cm³/mol. The third-order valence-electron chi connectivity index (χ3n) is 4.53. The van der Waals surface area contributed by atoms with Gasteiger partial charge >= 0.3 is 0 Å². The van der Waals surface area contributed by atoms with Gasteiger partial charge in [0.2, 0.25) is 5.91 Å². The van der Waals surface area contributed by atoms with Crippen LogP contribution in [-0.2, 0) is 4.79 Å². The van der Waals surface area contributed by atoms with E-state index in [9.17, 15) is 4.79 Å². The van der Waals surface area contributed by atoms with Crippen molar-refractivity contribution in [3.8, 4) is 0 Å². The summed E-state index contributed by atoms with van der Waals surface area (Å²) in [5.41, 5.74) is 2.18. The van der Waals surface area contributed by atoms with Crippen molar-refractivity contribution < 1.29 is 4.79 Å². The molecule has 1 aromatic carbocycles. The summed E-state index contributed by atoms with van der Waals surface area (Å²) in [6, 6.07) is 8.18. The maximum Gasteiger partial charge on any atom is 0.224 e. The summed E-state index contributed by atoms with van der Waals surface area (Å²) in [5.74, 6) is 1.76. The van der Waals surface area contributed by atoms with Crippen LogP contribution in [0.2, 0.25) is 0 Å². The van der Waals surface area contributed by atoms with Crippen molar-refractivity contribution in [3.05, 3.63) is 29.8 Å². The maximum atomic E-state index is 12.2. The highest BCUT2D eigenvalue weighted by Gasteiger charge is 2.22. The first-order valence-electron chi connectivity index (χ1n) is 8.16. The summed E-state index contributed by atoms with van der Waals surface area (Å²) in [6.45, 7) is 8.72. The summed E-state index contributed by atoms with van der Waals surface area (Å²) in [7, 11) is 0.